The van der Waals surface area contributed by atoms with E-state index in [9.17, 15) is 18.0 Å². The monoisotopic (exact) mass is 462 g/mol. The summed E-state index contributed by atoms with van der Waals surface area (Å²) in [6.07, 6.45) is 1.45. The molecular formula is C22H26N2O7S. The van der Waals surface area contributed by atoms with Crippen LogP contribution in [0, 0.1) is 0 Å². The maximum atomic E-state index is 13.8. The summed E-state index contributed by atoms with van der Waals surface area (Å²) in [5.74, 6) is -0.967. The predicted molar refractivity (Wildman–Crippen MR) is 119 cm³/mol. The summed E-state index contributed by atoms with van der Waals surface area (Å²) < 4.78 is 44.4. The first kappa shape index (κ1) is 23.4. The molecule has 0 bridgehead atoms. The highest BCUT2D eigenvalue weighted by molar-refractivity contribution is 7.93. The van der Waals surface area contributed by atoms with Gasteiger partial charge in [-0.15, -0.1) is 0 Å². The van der Waals surface area contributed by atoms with Gasteiger partial charge in [0.2, 0.25) is 0 Å². The average Bonchev–Trinajstić information content (AvgIpc) is 2.77. The summed E-state index contributed by atoms with van der Waals surface area (Å²) in [6.45, 7) is 2.53. The first-order valence-corrected chi connectivity index (χ1v) is 11.4. The summed E-state index contributed by atoms with van der Waals surface area (Å²) in [5.41, 5.74) is 1.67. The van der Waals surface area contributed by atoms with E-state index in [1.807, 2.05) is 19.1 Å². The number of hydrogen-bond donors (Lipinski definition) is 1. The molecule has 0 saturated carbocycles. The maximum Gasteiger partial charge on any atom is 0.303 e. The number of carbonyl (C=O) groups is 2. The van der Waals surface area contributed by atoms with Gasteiger partial charge in [-0.3, -0.25) is 13.9 Å². The van der Waals surface area contributed by atoms with Gasteiger partial charge in [-0.2, -0.15) is 0 Å². The van der Waals surface area contributed by atoms with Crippen molar-refractivity contribution < 1.29 is 32.2 Å². The molecule has 32 heavy (non-hydrogen) atoms. The number of ether oxygens (including phenoxy) is 3. The Labute approximate surface area is 187 Å². The fraction of sp³-hybridized carbons (Fsp3) is 0.364. The zero-order valence-corrected chi connectivity index (χ0v) is 19.2. The molecule has 2 aromatic carbocycles. The van der Waals surface area contributed by atoms with Gasteiger partial charge in [0.25, 0.3) is 15.9 Å². The smallest absolute Gasteiger partial charge is 0.303 e. The standard InChI is InChI=1S/C22H26N2O7S/c1-14-9-10-16-7-5-6-8-18(16)24(14)32(27,28)21-11-17(19(29-3)12-20(21)30-4)23-22(26)13-31-15(2)25/h5-8,11-12,14H,9-10,13H2,1-4H3,(H,23,26)/t14-/m1/s1. The molecule has 172 valence electrons. The number of nitrogens with one attached hydrogen (secondary N) is 1. The fourth-order valence-corrected chi connectivity index (χ4v) is 5.54. The van der Waals surface area contributed by atoms with Crippen LogP contribution in [0.3, 0.4) is 0 Å². The van der Waals surface area contributed by atoms with Crippen molar-refractivity contribution in [2.45, 2.75) is 37.6 Å². The number of hydrogen-bond acceptors (Lipinski definition) is 7. The largest absolute Gasteiger partial charge is 0.495 e. The predicted octanol–water partition coefficient (Wildman–Crippen LogP) is 2.74. The highest BCUT2D eigenvalue weighted by Gasteiger charge is 2.36. The van der Waals surface area contributed by atoms with Crippen LogP contribution in [0.2, 0.25) is 0 Å². The Morgan fingerprint density at radius 3 is 2.47 bits per heavy atom. The van der Waals surface area contributed by atoms with Crippen LogP contribution < -0.4 is 19.1 Å². The number of esters is 1. The Morgan fingerprint density at radius 2 is 1.81 bits per heavy atom. The quantitative estimate of drug-likeness (QED) is 0.630. The summed E-state index contributed by atoms with van der Waals surface area (Å²) in [6, 6.07) is 9.78. The average molecular weight is 463 g/mol. The first-order chi connectivity index (χ1) is 15.2. The molecule has 0 aromatic heterocycles. The molecule has 9 nitrogen and oxygen atoms in total. The molecule has 0 fully saturated rings. The molecule has 0 spiro atoms. The molecule has 1 amide bonds. The molecule has 10 heteroatoms. The first-order valence-electron chi connectivity index (χ1n) is 10.0. The SMILES string of the molecule is COc1cc(OC)c(S(=O)(=O)N2c3ccccc3CC[C@H]2C)cc1NC(=O)COC(C)=O. The van der Waals surface area contributed by atoms with Gasteiger partial charge in [-0.05, 0) is 37.5 Å². The zero-order valence-electron chi connectivity index (χ0n) is 18.4. The Bertz CT molecular complexity index is 1130. The van der Waals surface area contributed by atoms with Crippen molar-refractivity contribution in [1.82, 2.24) is 0 Å². The highest BCUT2D eigenvalue weighted by Crippen LogP contribution is 2.41. The Kier molecular flexibility index (Phi) is 6.93. The number of sulfonamides is 1. The van der Waals surface area contributed by atoms with E-state index >= 15 is 0 Å². The Hall–Kier alpha value is -3.27. The van der Waals surface area contributed by atoms with Crippen molar-refractivity contribution in [3.63, 3.8) is 0 Å². The second kappa shape index (κ2) is 9.47. The molecule has 1 aliphatic rings. The van der Waals surface area contributed by atoms with E-state index in [1.54, 1.807) is 12.1 Å². The lowest BCUT2D eigenvalue weighted by Gasteiger charge is -2.36. The Balaban J connectivity index is 2.08. The van der Waals surface area contributed by atoms with Crippen LogP contribution in [0.1, 0.15) is 25.8 Å². The van der Waals surface area contributed by atoms with Gasteiger partial charge in [0, 0.05) is 19.0 Å². The number of methoxy groups -OCH3 is 2. The molecule has 1 heterocycles. The van der Waals surface area contributed by atoms with Crippen LogP contribution in [0.15, 0.2) is 41.3 Å². The maximum absolute atomic E-state index is 13.8. The third-order valence-electron chi connectivity index (χ3n) is 5.16. The topological polar surface area (TPSA) is 111 Å². The van der Waals surface area contributed by atoms with Gasteiger partial charge in [0.15, 0.2) is 6.61 Å². The number of anilines is 2. The van der Waals surface area contributed by atoms with E-state index in [2.05, 4.69) is 5.32 Å². The van der Waals surface area contributed by atoms with Crippen molar-refractivity contribution in [2.75, 3.05) is 30.4 Å². The van der Waals surface area contributed by atoms with Crippen molar-refractivity contribution in [1.29, 1.82) is 0 Å². The lowest BCUT2D eigenvalue weighted by Crippen LogP contribution is -2.42. The lowest BCUT2D eigenvalue weighted by atomic mass is 9.99. The van der Waals surface area contributed by atoms with Gasteiger partial charge < -0.3 is 19.5 Å². The normalized spacial score (nSPS) is 15.5. The zero-order chi connectivity index (χ0) is 23.5. The second-order valence-corrected chi connectivity index (χ2v) is 9.13. The number of benzene rings is 2. The van der Waals surface area contributed by atoms with Crippen molar-refractivity contribution >= 4 is 33.3 Å². The van der Waals surface area contributed by atoms with E-state index < -0.39 is 28.5 Å². The van der Waals surface area contributed by atoms with Crippen LogP contribution in [0.25, 0.3) is 0 Å². The number of fused-ring (bicyclic) bond motifs is 1. The van der Waals surface area contributed by atoms with Gasteiger partial charge in [-0.25, -0.2) is 8.42 Å². The lowest BCUT2D eigenvalue weighted by molar-refractivity contribution is -0.144. The highest BCUT2D eigenvalue weighted by atomic mass is 32.2. The molecule has 3 rings (SSSR count). The van der Waals surface area contributed by atoms with Crippen LogP contribution in [0.5, 0.6) is 11.5 Å². The molecule has 1 N–H and O–H groups in total. The molecule has 0 radical (unpaired) electrons. The number of rotatable bonds is 7. The van der Waals surface area contributed by atoms with E-state index in [1.165, 1.54) is 37.6 Å². The van der Waals surface area contributed by atoms with Crippen LogP contribution in [-0.2, 0) is 30.8 Å². The van der Waals surface area contributed by atoms with E-state index in [0.29, 0.717) is 12.1 Å². The van der Waals surface area contributed by atoms with Gasteiger partial charge in [-0.1, -0.05) is 18.2 Å². The van der Waals surface area contributed by atoms with Crippen molar-refractivity contribution in [3.05, 3.63) is 42.0 Å². The number of para-hydroxylation sites is 1. The summed E-state index contributed by atoms with van der Waals surface area (Å²) in [7, 11) is -1.32. The van der Waals surface area contributed by atoms with Gasteiger partial charge >= 0.3 is 5.97 Å². The molecule has 1 aliphatic heterocycles. The minimum Gasteiger partial charge on any atom is -0.495 e. The molecule has 0 unspecified atom stereocenters. The summed E-state index contributed by atoms with van der Waals surface area (Å²) in [4.78, 5) is 23.0. The molecule has 2 aromatic rings. The number of nitrogens with zero attached hydrogens (tertiary/aromatic N) is 1. The number of carbonyl (C=O) groups excluding carboxylic acids is 2. The number of aryl methyl sites for hydroxylation is 1. The van der Waals surface area contributed by atoms with Crippen LogP contribution in [-0.4, -0.2) is 47.2 Å². The fourth-order valence-electron chi connectivity index (χ4n) is 3.65. The molecule has 0 saturated heterocycles. The number of amides is 1. The molecular weight excluding hydrogens is 436 g/mol. The third kappa shape index (κ3) is 4.64. The second-order valence-electron chi connectivity index (χ2n) is 7.35. The summed E-state index contributed by atoms with van der Waals surface area (Å²) >= 11 is 0. The molecule has 1 atom stereocenters. The minimum absolute atomic E-state index is 0.0788. The van der Waals surface area contributed by atoms with Crippen LogP contribution in [0.4, 0.5) is 11.4 Å². The Morgan fingerprint density at radius 1 is 1.12 bits per heavy atom. The van der Waals surface area contributed by atoms with E-state index in [0.717, 1.165) is 12.0 Å². The van der Waals surface area contributed by atoms with Gasteiger partial charge in [0.1, 0.15) is 16.4 Å². The third-order valence-corrected chi connectivity index (χ3v) is 7.11. The van der Waals surface area contributed by atoms with E-state index in [4.69, 9.17) is 14.2 Å². The molecule has 0 aliphatic carbocycles. The van der Waals surface area contributed by atoms with Crippen molar-refractivity contribution in [3.8, 4) is 11.5 Å². The van der Waals surface area contributed by atoms with E-state index in [-0.39, 0.29) is 28.1 Å². The summed E-state index contributed by atoms with van der Waals surface area (Å²) in [5, 5.41) is 2.53. The van der Waals surface area contributed by atoms with Crippen LogP contribution >= 0.6 is 0 Å². The van der Waals surface area contributed by atoms with Crippen molar-refractivity contribution in [2.24, 2.45) is 0 Å². The minimum atomic E-state index is -4.06. The van der Waals surface area contributed by atoms with Gasteiger partial charge in [0.05, 0.1) is 25.6 Å².